The molecule has 5 heteroatoms. The molecule has 0 amide bonds. The Bertz CT molecular complexity index is 338. The molecule has 0 saturated heterocycles. The molecule has 0 aliphatic heterocycles. The third-order valence-electron chi connectivity index (χ3n) is 1.53. The van der Waals surface area contributed by atoms with Crippen LogP contribution in [0.3, 0.4) is 0 Å². The third kappa shape index (κ3) is 1.92. The molecule has 0 heterocycles. The van der Waals surface area contributed by atoms with Gasteiger partial charge < -0.3 is 15.1 Å². The Hall–Kier alpha value is -1.23. The minimum atomic E-state index is -0.0605. The fourth-order valence-electron chi connectivity index (χ4n) is 0.909. The second kappa shape index (κ2) is 4.13. The molecular weight excluding hydrogens is 238 g/mol. The second-order valence-corrected chi connectivity index (χ2v) is 3.11. The van der Waals surface area contributed by atoms with Gasteiger partial charge in [-0.3, -0.25) is 0 Å². The maximum absolute atomic E-state index is 9.54. The van der Waals surface area contributed by atoms with Gasteiger partial charge in [-0.05, 0) is 28.1 Å². The molecule has 70 valence electrons. The quantitative estimate of drug-likeness (QED) is 0.476. The van der Waals surface area contributed by atoms with Crippen molar-refractivity contribution in [3.05, 3.63) is 22.2 Å². The summed E-state index contributed by atoms with van der Waals surface area (Å²) >= 11 is 3.19. The van der Waals surface area contributed by atoms with Gasteiger partial charge in [-0.2, -0.15) is 0 Å². The van der Waals surface area contributed by atoms with Gasteiger partial charge in [-0.25, -0.2) is 0 Å². The zero-order valence-corrected chi connectivity index (χ0v) is 8.45. The average Bonchev–Trinajstić information content (AvgIpc) is 2.12. The molecule has 1 aromatic rings. The van der Waals surface area contributed by atoms with Crippen LogP contribution < -0.4 is 4.74 Å². The van der Waals surface area contributed by atoms with Gasteiger partial charge in [0.25, 0.3) is 0 Å². The molecule has 4 nitrogen and oxygen atoms in total. The highest BCUT2D eigenvalue weighted by Crippen LogP contribution is 2.33. The van der Waals surface area contributed by atoms with Crippen molar-refractivity contribution in [2.75, 3.05) is 7.11 Å². The van der Waals surface area contributed by atoms with Crippen molar-refractivity contribution in [3.8, 4) is 11.5 Å². The number of benzene rings is 1. The van der Waals surface area contributed by atoms with Crippen LogP contribution in [-0.4, -0.2) is 23.6 Å². The Labute approximate surface area is 83.6 Å². The number of halogens is 1. The van der Waals surface area contributed by atoms with Crippen molar-refractivity contribution >= 4 is 22.1 Å². The summed E-state index contributed by atoms with van der Waals surface area (Å²) in [5, 5.41) is 20.7. The van der Waals surface area contributed by atoms with E-state index < -0.39 is 0 Å². The van der Waals surface area contributed by atoms with Crippen molar-refractivity contribution < 1.29 is 15.1 Å². The smallest absolute Gasteiger partial charge is 0.167 e. The van der Waals surface area contributed by atoms with Gasteiger partial charge in [-0.15, -0.1) is 0 Å². The lowest BCUT2D eigenvalue weighted by atomic mass is 10.2. The molecule has 0 radical (unpaired) electrons. The van der Waals surface area contributed by atoms with Gasteiger partial charge in [-0.1, -0.05) is 5.16 Å². The highest BCUT2D eigenvalue weighted by Gasteiger charge is 2.09. The molecule has 13 heavy (non-hydrogen) atoms. The van der Waals surface area contributed by atoms with Gasteiger partial charge in [0.2, 0.25) is 0 Å². The fourth-order valence-corrected chi connectivity index (χ4v) is 1.33. The number of methoxy groups -OCH3 is 1. The predicted molar refractivity (Wildman–Crippen MR) is 51.7 cm³/mol. The van der Waals surface area contributed by atoms with Gasteiger partial charge >= 0.3 is 0 Å². The standard InChI is InChI=1S/C8H8BrNO3/c1-13-7-3-2-6(9)5(4-10-12)8(7)11/h2-4,11-12H,1H3/b10-4+. The fraction of sp³-hybridized carbons (Fsp3) is 0.125. The van der Waals surface area contributed by atoms with Gasteiger partial charge in [0.05, 0.1) is 18.9 Å². The summed E-state index contributed by atoms with van der Waals surface area (Å²) in [6.07, 6.45) is 1.13. The monoisotopic (exact) mass is 245 g/mol. The highest BCUT2D eigenvalue weighted by atomic mass is 79.9. The van der Waals surface area contributed by atoms with Crippen LogP contribution in [-0.2, 0) is 0 Å². The van der Waals surface area contributed by atoms with E-state index in [-0.39, 0.29) is 5.75 Å². The summed E-state index contributed by atoms with van der Waals surface area (Å²) in [5.41, 5.74) is 0.377. The maximum atomic E-state index is 9.54. The van der Waals surface area contributed by atoms with Gasteiger partial charge in [0.15, 0.2) is 11.5 Å². The molecule has 0 aromatic heterocycles. The minimum Gasteiger partial charge on any atom is -0.504 e. The van der Waals surface area contributed by atoms with Crippen LogP contribution in [0.1, 0.15) is 5.56 Å². The largest absolute Gasteiger partial charge is 0.504 e. The van der Waals surface area contributed by atoms with Crippen LogP contribution in [0.25, 0.3) is 0 Å². The molecule has 0 atom stereocenters. The molecule has 0 unspecified atom stereocenters. The lowest BCUT2D eigenvalue weighted by Gasteiger charge is -2.06. The number of rotatable bonds is 2. The SMILES string of the molecule is COc1ccc(Br)c(/C=N/O)c1O. The highest BCUT2D eigenvalue weighted by molar-refractivity contribution is 9.10. The van der Waals surface area contributed by atoms with E-state index in [1.54, 1.807) is 12.1 Å². The summed E-state index contributed by atoms with van der Waals surface area (Å²) in [7, 11) is 1.45. The van der Waals surface area contributed by atoms with E-state index >= 15 is 0 Å². The number of phenolic OH excluding ortho intramolecular Hbond substituents is 1. The molecule has 2 N–H and O–H groups in total. The molecule has 0 aliphatic carbocycles. The number of oxime groups is 1. The summed E-state index contributed by atoms with van der Waals surface area (Å²) in [6.45, 7) is 0. The minimum absolute atomic E-state index is 0.0605. The van der Waals surface area contributed by atoms with E-state index in [4.69, 9.17) is 9.94 Å². The first kappa shape index (κ1) is 9.85. The van der Waals surface area contributed by atoms with Crippen LogP contribution in [0.5, 0.6) is 11.5 Å². The molecule has 0 saturated carbocycles. The molecule has 1 rings (SSSR count). The Balaban J connectivity index is 3.29. The first-order chi connectivity index (χ1) is 6.20. The topological polar surface area (TPSA) is 62.0 Å². The van der Waals surface area contributed by atoms with E-state index in [0.29, 0.717) is 15.8 Å². The first-order valence-electron chi connectivity index (χ1n) is 3.43. The lowest BCUT2D eigenvalue weighted by Crippen LogP contribution is -1.90. The molecule has 1 aromatic carbocycles. The molecule has 0 bridgehead atoms. The summed E-state index contributed by atoms with van der Waals surface area (Å²) in [6, 6.07) is 3.30. The normalized spacial score (nSPS) is 10.6. The molecular formula is C8H8BrNO3. The van der Waals surface area contributed by atoms with Crippen LogP contribution in [0.4, 0.5) is 0 Å². The first-order valence-corrected chi connectivity index (χ1v) is 4.23. The van der Waals surface area contributed by atoms with Crippen molar-refractivity contribution in [2.45, 2.75) is 0 Å². The number of hydrogen-bond acceptors (Lipinski definition) is 4. The number of ether oxygens (including phenoxy) is 1. The second-order valence-electron chi connectivity index (χ2n) is 2.26. The Morgan fingerprint density at radius 1 is 1.54 bits per heavy atom. The van der Waals surface area contributed by atoms with Crippen LogP contribution in [0.15, 0.2) is 21.8 Å². The number of aromatic hydroxyl groups is 1. The maximum Gasteiger partial charge on any atom is 0.167 e. The van der Waals surface area contributed by atoms with E-state index in [1.165, 1.54) is 7.11 Å². The van der Waals surface area contributed by atoms with E-state index in [2.05, 4.69) is 21.1 Å². The predicted octanol–water partition coefficient (Wildman–Crippen LogP) is 1.97. The lowest BCUT2D eigenvalue weighted by molar-refractivity contribution is 0.321. The van der Waals surface area contributed by atoms with Crippen molar-refractivity contribution in [3.63, 3.8) is 0 Å². The molecule has 0 spiro atoms. The Morgan fingerprint density at radius 3 is 2.77 bits per heavy atom. The Kier molecular flexibility index (Phi) is 3.13. The van der Waals surface area contributed by atoms with E-state index in [9.17, 15) is 5.11 Å². The summed E-state index contributed by atoms with van der Waals surface area (Å²) in [4.78, 5) is 0. The summed E-state index contributed by atoms with van der Waals surface area (Å²) < 4.78 is 5.50. The van der Waals surface area contributed by atoms with Crippen LogP contribution in [0.2, 0.25) is 0 Å². The number of nitrogens with zero attached hydrogens (tertiary/aromatic N) is 1. The van der Waals surface area contributed by atoms with Crippen molar-refractivity contribution in [1.82, 2.24) is 0 Å². The van der Waals surface area contributed by atoms with E-state index in [1.807, 2.05) is 0 Å². The molecule has 0 aliphatic rings. The zero-order chi connectivity index (χ0) is 9.84. The average molecular weight is 246 g/mol. The van der Waals surface area contributed by atoms with Crippen molar-refractivity contribution in [1.29, 1.82) is 0 Å². The summed E-state index contributed by atoms with van der Waals surface area (Å²) in [5.74, 6) is 0.271. The van der Waals surface area contributed by atoms with Crippen LogP contribution in [0, 0.1) is 0 Å². The Morgan fingerprint density at radius 2 is 2.23 bits per heavy atom. The number of hydrogen-bond donors (Lipinski definition) is 2. The third-order valence-corrected chi connectivity index (χ3v) is 2.23. The van der Waals surface area contributed by atoms with Crippen LogP contribution >= 0.6 is 15.9 Å². The molecule has 0 fully saturated rings. The van der Waals surface area contributed by atoms with Gasteiger partial charge in [0, 0.05) is 4.47 Å². The van der Waals surface area contributed by atoms with Crippen molar-refractivity contribution in [2.24, 2.45) is 5.16 Å². The van der Waals surface area contributed by atoms with Gasteiger partial charge in [0.1, 0.15) is 0 Å². The number of phenols is 1. The van der Waals surface area contributed by atoms with E-state index in [0.717, 1.165) is 6.21 Å². The zero-order valence-electron chi connectivity index (χ0n) is 6.86.